The molecule has 0 aromatic heterocycles. The Morgan fingerprint density at radius 3 is 1.58 bits per heavy atom. The molecule has 0 spiro atoms. The molecule has 3 rings (SSSR count). The van der Waals surface area contributed by atoms with Gasteiger partial charge in [0, 0.05) is 0 Å². The van der Waals surface area contributed by atoms with E-state index in [4.69, 9.17) is 9.69 Å². The van der Waals surface area contributed by atoms with Crippen LogP contribution in [-0.4, -0.2) is 8.32 Å². The molecule has 3 aromatic carbocycles. The number of nitriles is 1. The molecule has 0 saturated heterocycles. The lowest BCUT2D eigenvalue weighted by atomic mass is 10.2. The molecule has 0 aliphatic heterocycles. The third-order valence-electron chi connectivity index (χ3n) is 4.67. The van der Waals surface area contributed by atoms with Gasteiger partial charge in [-0.05, 0) is 39.7 Å². The van der Waals surface area contributed by atoms with E-state index in [1.807, 2.05) is 36.4 Å². The van der Waals surface area contributed by atoms with Crippen molar-refractivity contribution in [3.8, 4) is 11.8 Å². The lowest BCUT2D eigenvalue weighted by Crippen LogP contribution is -2.68. The fourth-order valence-electron chi connectivity index (χ4n) is 3.42. The van der Waals surface area contributed by atoms with Gasteiger partial charge in [-0.1, -0.05) is 81.4 Å². The van der Waals surface area contributed by atoms with Crippen molar-refractivity contribution in [2.24, 2.45) is 0 Å². The zero-order valence-corrected chi connectivity index (χ0v) is 16.4. The van der Waals surface area contributed by atoms with Crippen LogP contribution in [0.15, 0.2) is 84.9 Å². The van der Waals surface area contributed by atoms with Crippen LogP contribution in [0.25, 0.3) is 0 Å². The van der Waals surface area contributed by atoms with Crippen molar-refractivity contribution in [2.75, 3.05) is 0 Å². The predicted octanol–water partition coefficient (Wildman–Crippen LogP) is 4.50. The van der Waals surface area contributed by atoms with Crippen LogP contribution in [0.5, 0.6) is 5.75 Å². The van der Waals surface area contributed by atoms with Crippen LogP contribution in [-0.2, 0) is 0 Å². The van der Waals surface area contributed by atoms with Crippen molar-refractivity contribution in [1.82, 2.24) is 0 Å². The molecule has 0 amide bonds. The first-order valence-corrected chi connectivity index (χ1v) is 10.7. The van der Waals surface area contributed by atoms with Crippen LogP contribution in [0, 0.1) is 11.3 Å². The molecule has 3 aromatic rings. The molecule has 0 N–H and O–H groups in total. The minimum absolute atomic E-state index is 0.0798. The Morgan fingerprint density at radius 2 is 1.19 bits per heavy atom. The van der Waals surface area contributed by atoms with Crippen LogP contribution in [0.1, 0.15) is 26.3 Å². The maximum Gasteiger partial charge on any atom is 0.319 e. The highest BCUT2D eigenvalue weighted by Gasteiger charge is 2.52. The zero-order chi connectivity index (χ0) is 18.6. The van der Waals surface area contributed by atoms with Crippen molar-refractivity contribution in [3.63, 3.8) is 0 Å². The topological polar surface area (TPSA) is 33.0 Å². The molecule has 0 fully saturated rings. The molecule has 0 radical (unpaired) electrons. The van der Waals surface area contributed by atoms with Crippen LogP contribution in [0.4, 0.5) is 0 Å². The van der Waals surface area contributed by atoms with Gasteiger partial charge in [-0.15, -0.1) is 0 Å². The summed E-state index contributed by atoms with van der Waals surface area (Å²) in [6.45, 7) is 6.76. The first-order chi connectivity index (χ1) is 12.5. The maximum absolute atomic E-state index is 9.06. The van der Waals surface area contributed by atoms with Gasteiger partial charge in [-0.3, -0.25) is 0 Å². The van der Waals surface area contributed by atoms with Crippen molar-refractivity contribution >= 4 is 18.7 Å². The van der Waals surface area contributed by atoms with Crippen molar-refractivity contribution in [2.45, 2.75) is 25.8 Å². The number of nitrogens with zero attached hydrogens (tertiary/aromatic N) is 1. The molecule has 0 atom stereocenters. The quantitative estimate of drug-likeness (QED) is 0.644. The first kappa shape index (κ1) is 18.0. The van der Waals surface area contributed by atoms with E-state index in [0.717, 1.165) is 5.75 Å². The Hall–Kier alpha value is -2.83. The van der Waals surface area contributed by atoms with E-state index in [2.05, 4.69) is 75.4 Å². The van der Waals surface area contributed by atoms with Gasteiger partial charge in [-0.2, -0.15) is 5.26 Å². The molecule has 0 bridgehead atoms. The Kier molecular flexibility index (Phi) is 4.97. The van der Waals surface area contributed by atoms with Crippen molar-refractivity contribution in [1.29, 1.82) is 5.26 Å². The van der Waals surface area contributed by atoms with E-state index in [0.29, 0.717) is 5.56 Å². The van der Waals surface area contributed by atoms with E-state index in [-0.39, 0.29) is 5.04 Å². The van der Waals surface area contributed by atoms with Gasteiger partial charge in [-0.25, -0.2) is 0 Å². The van der Waals surface area contributed by atoms with Crippen LogP contribution in [0.2, 0.25) is 5.04 Å². The zero-order valence-electron chi connectivity index (χ0n) is 15.4. The standard InChI is InChI=1S/C23H23NOSi/c1-23(2,3)26(21-10-6-4-7-11-21,22-12-8-5-9-13-22)25-20-16-14-19(18-24)15-17-20/h4-17H,1-3H3. The number of hydrogen-bond donors (Lipinski definition) is 0. The molecular formula is C23H23NOSi. The van der Waals surface area contributed by atoms with E-state index >= 15 is 0 Å². The van der Waals surface area contributed by atoms with Gasteiger partial charge < -0.3 is 4.43 Å². The second-order valence-corrected chi connectivity index (χ2v) is 11.6. The monoisotopic (exact) mass is 357 g/mol. The van der Waals surface area contributed by atoms with E-state index < -0.39 is 8.32 Å². The lowest BCUT2D eigenvalue weighted by molar-refractivity contribution is 0.508. The summed E-state index contributed by atoms with van der Waals surface area (Å²) in [5.74, 6) is 0.804. The number of hydrogen-bond acceptors (Lipinski definition) is 2. The van der Waals surface area contributed by atoms with E-state index in [9.17, 15) is 0 Å². The fraction of sp³-hybridized carbons (Fsp3) is 0.174. The fourth-order valence-corrected chi connectivity index (χ4v) is 7.84. The summed E-state index contributed by atoms with van der Waals surface area (Å²) in [5.41, 5.74) is 0.639. The third-order valence-corrected chi connectivity index (χ3v) is 9.62. The molecule has 130 valence electrons. The lowest BCUT2D eigenvalue weighted by Gasteiger charge is -2.43. The smallest absolute Gasteiger partial charge is 0.319 e. The van der Waals surface area contributed by atoms with Crippen LogP contribution in [0.3, 0.4) is 0 Å². The predicted molar refractivity (Wildman–Crippen MR) is 109 cm³/mol. The van der Waals surface area contributed by atoms with Gasteiger partial charge in [0.05, 0.1) is 11.6 Å². The van der Waals surface area contributed by atoms with Crippen LogP contribution >= 0.6 is 0 Å². The van der Waals surface area contributed by atoms with Crippen molar-refractivity contribution < 1.29 is 4.43 Å². The Balaban J connectivity index is 2.21. The minimum atomic E-state index is -2.60. The molecule has 0 unspecified atom stereocenters. The van der Waals surface area contributed by atoms with Crippen LogP contribution < -0.4 is 14.8 Å². The summed E-state index contributed by atoms with van der Waals surface area (Å²) < 4.78 is 6.87. The van der Waals surface area contributed by atoms with Gasteiger partial charge >= 0.3 is 8.32 Å². The summed E-state index contributed by atoms with van der Waals surface area (Å²) in [4.78, 5) is 0. The van der Waals surface area contributed by atoms with E-state index in [1.54, 1.807) is 0 Å². The SMILES string of the molecule is CC(C)(C)[Si](Oc1ccc(C#N)cc1)(c1ccccc1)c1ccccc1. The highest BCUT2D eigenvalue weighted by atomic mass is 28.4. The molecule has 0 saturated carbocycles. The van der Waals surface area contributed by atoms with Crippen molar-refractivity contribution in [3.05, 3.63) is 90.5 Å². The van der Waals surface area contributed by atoms with Gasteiger partial charge in [0.25, 0.3) is 0 Å². The summed E-state index contributed by atoms with van der Waals surface area (Å²) in [6.07, 6.45) is 0. The summed E-state index contributed by atoms with van der Waals surface area (Å²) in [5, 5.41) is 11.5. The van der Waals surface area contributed by atoms with Gasteiger partial charge in [0.15, 0.2) is 0 Å². The second kappa shape index (κ2) is 7.19. The summed E-state index contributed by atoms with van der Waals surface area (Å²) in [7, 11) is -2.60. The molecule has 0 heterocycles. The Morgan fingerprint density at radius 1 is 0.731 bits per heavy atom. The van der Waals surface area contributed by atoms with Gasteiger partial charge in [0.1, 0.15) is 5.75 Å². The van der Waals surface area contributed by atoms with Gasteiger partial charge in [0.2, 0.25) is 0 Å². The average Bonchev–Trinajstić information content (AvgIpc) is 2.67. The average molecular weight is 358 g/mol. The first-order valence-electron chi connectivity index (χ1n) is 8.77. The second-order valence-electron chi connectivity index (χ2n) is 7.40. The Labute approximate surface area is 156 Å². The molecule has 2 nitrogen and oxygen atoms in total. The summed E-state index contributed by atoms with van der Waals surface area (Å²) in [6, 6.07) is 30.7. The van der Waals surface area contributed by atoms with E-state index in [1.165, 1.54) is 10.4 Å². The normalized spacial score (nSPS) is 11.6. The maximum atomic E-state index is 9.06. The molecule has 0 aliphatic carbocycles. The highest BCUT2D eigenvalue weighted by Crippen LogP contribution is 2.37. The minimum Gasteiger partial charge on any atom is -0.534 e. The summed E-state index contributed by atoms with van der Waals surface area (Å²) >= 11 is 0. The molecule has 26 heavy (non-hydrogen) atoms. The number of benzene rings is 3. The molecule has 3 heteroatoms. The highest BCUT2D eigenvalue weighted by molar-refractivity contribution is 7.00. The third kappa shape index (κ3) is 3.29. The Bertz CT molecular complexity index is 851. The largest absolute Gasteiger partial charge is 0.534 e. The molecule has 0 aliphatic rings. The number of rotatable bonds is 4. The molecular weight excluding hydrogens is 334 g/mol.